The van der Waals surface area contributed by atoms with Gasteiger partial charge in [0.1, 0.15) is 0 Å². The van der Waals surface area contributed by atoms with Crippen molar-refractivity contribution >= 4 is 28.1 Å². The number of nitrogen functional groups attached to an aromatic ring is 1. The van der Waals surface area contributed by atoms with E-state index in [0.717, 1.165) is 0 Å². The van der Waals surface area contributed by atoms with Crippen molar-refractivity contribution in [3.63, 3.8) is 0 Å². The van der Waals surface area contributed by atoms with Crippen LogP contribution >= 0.6 is 11.3 Å². The fraction of sp³-hybridized carbons (Fsp3) is 0.273. The molecule has 0 aliphatic rings. The van der Waals surface area contributed by atoms with E-state index in [0.29, 0.717) is 16.9 Å². The number of rotatable bonds is 9. The number of aliphatic hydroxyl groups excluding tert-OH is 1. The van der Waals surface area contributed by atoms with Crippen molar-refractivity contribution in [2.75, 3.05) is 11.1 Å². The molecule has 0 saturated heterocycles. The van der Waals surface area contributed by atoms with Crippen LogP contribution in [0.3, 0.4) is 0 Å². The lowest BCUT2D eigenvalue weighted by Crippen LogP contribution is -2.14. The van der Waals surface area contributed by atoms with Gasteiger partial charge in [0.15, 0.2) is 5.13 Å². The van der Waals surface area contributed by atoms with Gasteiger partial charge in [-0.15, -0.1) is 11.3 Å². The molecule has 0 bridgehead atoms. The number of hydrogen-bond donors (Lipinski definition) is 3. The van der Waals surface area contributed by atoms with Gasteiger partial charge in [-0.1, -0.05) is 48.8 Å². The molecule has 2 aromatic carbocycles. The fourth-order valence-corrected chi connectivity index (χ4v) is 2.64. The van der Waals surface area contributed by atoms with Gasteiger partial charge in [-0.25, -0.2) is 4.98 Å². The summed E-state index contributed by atoms with van der Waals surface area (Å²) in [6, 6.07) is 4.56. The van der Waals surface area contributed by atoms with Crippen molar-refractivity contribution in [2.45, 2.75) is 38.1 Å². The maximum Gasteiger partial charge on any atom is 0.230 e. The zero-order valence-corrected chi connectivity index (χ0v) is 15.5. The largest absolute Gasteiger partial charge is 0.388 e. The highest BCUT2D eigenvalue weighted by molar-refractivity contribution is 7.13. The molecule has 1 amide bonds. The summed E-state index contributed by atoms with van der Waals surface area (Å²) < 4.78 is 90.7. The molecular formula is C22H25N3O2S. The average molecular weight is 407 g/mol. The zero-order chi connectivity index (χ0) is 29.5. The highest BCUT2D eigenvalue weighted by Crippen LogP contribution is 2.20. The molecule has 0 fully saturated rings. The minimum Gasteiger partial charge on any atom is -0.388 e. The van der Waals surface area contributed by atoms with E-state index in [1.165, 1.54) is 0 Å². The monoisotopic (exact) mass is 406 g/mol. The number of carbonyl (C=O) groups excluding carboxylic acids is 1. The minimum atomic E-state index is -3.06. The van der Waals surface area contributed by atoms with Gasteiger partial charge in [-0.05, 0) is 42.4 Å². The number of nitrogens with zero attached hydrogens (tertiary/aromatic N) is 1. The van der Waals surface area contributed by atoms with E-state index in [1.54, 1.807) is 30.3 Å². The predicted octanol–water partition coefficient (Wildman–Crippen LogP) is 4.35. The Labute approximate surface area is 184 Å². The van der Waals surface area contributed by atoms with Crippen LogP contribution in [0.4, 0.5) is 10.8 Å². The Kier molecular flexibility index (Phi) is 3.64. The second kappa shape index (κ2) is 10.0. The molecule has 0 unspecified atom stereocenters. The fourth-order valence-electron chi connectivity index (χ4n) is 2.20. The lowest BCUT2D eigenvalue weighted by molar-refractivity contribution is -0.115. The Morgan fingerprint density at radius 1 is 1.29 bits per heavy atom. The minimum absolute atomic E-state index is 0.159. The number of nitrogens with two attached hydrogens (primary N) is 1. The number of nitrogens with one attached hydrogen (secondary N) is 1. The van der Waals surface area contributed by atoms with Gasteiger partial charge < -0.3 is 16.2 Å². The van der Waals surface area contributed by atoms with Gasteiger partial charge in [0, 0.05) is 19.3 Å². The van der Waals surface area contributed by atoms with Crippen LogP contribution in [0.15, 0.2) is 59.9 Å². The molecule has 0 aliphatic carbocycles. The second-order valence-corrected chi connectivity index (χ2v) is 6.43. The van der Waals surface area contributed by atoms with Gasteiger partial charge >= 0.3 is 0 Å². The first-order chi connectivity index (χ1) is 17.9. The van der Waals surface area contributed by atoms with Gasteiger partial charge in [0.25, 0.3) is 0 Å². The molecule has 6 heteroatoms. The maximum absolute atomic E-state index is 12.7. The lowest BCUT2D eigenvalue weighted by Gasteiger charge is -2.10. The topological polar surface area (TPSA) is 88.2 Å². The van der Waals surface area contributed by atoms with Crippen molar-refractivity contribution in [2.24, 2.45) is 0 Å². The third-order valence-corrected chi connectivity index (χ3v) is 4.11. The predicted molar refractivity (Wildman–Crippen MR) is 114 cm³/mol. The smallest absolute Gasteiger partial charge is 0.230 e. The van der Waals surface area contributed by atoms with Crippen molar-refractivity contribution in [1.29, 1.82) is 0 Å². The molecule has 0 saturated carbocycles. The standard InChI is InChI=1S/C22H25N3O2S/c23-22-25-19(15-28-22)14-21(27)24-18-12-10-16(11-13-18)6-4-5-9-20(26)17-7-2-1-3-8-17/h1-3,7-8,10-13,15,20,26H,4-6,9,14H2,(H2,23,25)(H,24,27)/t20-/m0/s1/i4D2,6D2,10D,11D,12D,13D,14D2,15D. The number of benzene rings is 2. The molecule has 0 spiro atoms. The average Bonchev–Trinajstić information content (AvgIpc) is 3.22. The summed E-state index contributed by atoms with van der Waals surface area (Å²) in [4.78, 5) is 16.4. The van der Waals surface area contributed by atoms with Crippen LogP contribution in [0.1, 0.15) is 57.2 Å². The molecule has 1 atom stereocenters. The van der Waals surface area contributed by atoms with Crippen molar-refractivity contribution in [1.82, 2.24) is 4.98 Å². The quantitative estimate of drug-likeness (QED) is 0.493. The molecule has 1 aromatic heterocycles. The van der Waals surface area contributed by atoms with E-state index < -0.39 is 84.0 Å². The van der Waals surface area contributed by atoms with Crippen LogP contribution in [0.2, 0.25) is 0 Å². The maximum atomic E-state index is 12.7. The van der Waals surface area contributed by atoms with Crippen LogP contribution in [-0.2, 0) is 17.5 Å². The molecule has 4 N–H and O–H groups in total. The van der Waals surface area contributed by atoms with Gasteiger partial charge in [0.2, 0.25) is 5.91 Å². The van der Waals surface area contributed by atoms with Crippen LogP contribution in [0.25, 0.3) is 0 Å². The number of aromatic nitrogens is 1. The van der Waals surface area contributed by atoms with E-state index >= 15 is 0 Å². The Hall–Kier alpha value is -2.70. The summed E-state index contributed by atoms with van der Waals surface area (Å²) in [7, 11) is 0. The molecule has 0 aliphatic heterocycles. The third kappa shape index (κ3) is 6.18. The number of amides is 1. The van der Waals surface area contributed by atoms with E-state index in [1.807, 2.05) is 5.32 Å². The number of carbonyl (C=O) groups is 1. The second-order valence-electron chi connectivity index (χ2n) is 5.60. The number of anilines is 2. The number of hydrogen-bond acceptors (Lipinski definition) is 5. The van der Waals surface area contributed by atoms with Gasteiger partial charge in [-0.2, -0.15) is 0 Å². The molecule has 1 heterocycles. The van der Waals surface area contributed by atoms with E-state index in [4.69, 9.17) is 20.8 Å². The molecular weight excluding hydrogens is 370 g/mol. The van der Waals surface area contributed by atoms with Crippen LogP contribution < -0.4 is 11.1 Å². The first kappa shape index (κ1) is 10.2. The highest BCUT2D eigenvalue weighted by Gasteiger charge is 2.08. The van der Waals surface area contributed by atoms with Crippen LogP contribution in [-0.4, -0.2) is 16.0 Å². The van der Waals surface area contributed by atoms with E-state index in [9.17, 15) is 9.90 Å². The SMILES string of the molecule is [2H]c1sc(N)nc1C([2H])([2H])C(=O)Nc1c([2H])c([2H])c(C([2H])([2H])C([2H])([2H])CC[C@H](O)c2ccccc2)c([2H])c1[2H]. The van der Waals surface area contributed by atoms with Crippen molar-refractivity contribution < 1.29 is 25.0 Å². The first-order valence-corrected chi connectivity index (χ1v) is 9.13. The lowest BCUT2D eigenvalue weighted by atomic mass is 10.0. The Morgan fingerprint density at radius 3 is 2.71 bits per heavy atom. The summed E-state index contributed by atoms with van der Waals surface area (Å²) in [5, 5.41) is 11.8. The Morgan fingerprint density at radius 2 is 2.04 bits per heavy atom. The Balaban J connectivity index is 1.94. The third-order valence-electron chi connectivity index (χ3n) is 3.51. The van der Waals surface area contributed by atoms with Gasteiger partial charge in [0.05, 0.1) is 25.0 Å². The van der Waals surface area contributed by atoms with E-state index in [2.05, 4.69) is 4.98 Å². The number of aliphatic hydroxyl groups is 1. The highest BCUT2D eigenvalue weighted by atomic mass is 32.1. The summed E-state index contributed by atoms with van der Waals surface area (Å²) >= 11 is 0.629. The summed E-state index contributed by atoms with van der Waals surface area (Å²) in [6.45, 7) is 0. The summed E-state index contributed by atoms with van der Waals surface area (Å²) in [6.07, 6.45) is -10.6. The molecule has 28 heavy (non-hydrogen) atoms. The summed E-state index contributed by atoms with van der Waals surface area (Å²) in [5.41, 5.74) is 3.73. The number of thiazole rings is 1. The molecule has 5 nitrogen and oxygen atoms in total. The molecule has 146 valence electrons. The van der Waals surface area contributed by atoms with E-state index in [-0.39, 0.29) is 11.6 Å². The first-order valence-electron chi connectivity index (χ1n) is 13.8. The van der Waals surface area contributed by atoms with Crippen LogP contribution in [0.5, 0.6) is 0 Å². The molecule has 0 radical (unpaired) electrons. The van der Waals surface area contributed by atoms with Crippen molar-refractivity contribution in [3.05, 3.63) is 76.7 Å². The molecule has 3 aromatic rings. The normalized spacial score (nSPS) is 19.1. The summed E-state index contributed by atoms with van der Waals surface area (Å²) in [5.74, 6) is -1.46. The zero-order valence-electron chi connectivity index (χ0n) is 25.7. The Bertz CT molecular complexity index is 1350. The molecule has 3 rings (SSSR count). The van der Waals surface area contributed by atoms with Crippen LogP contribution in [0, 0.1) is 0 Å². The van der Waals surface area contributed by atoms with Gasteiger partial charge in [-0.3, -0.25) is 4.79 Å². The van der Waals surface area contributed by atoms with Crippen molar-refractivity contribution in [3.8, 4) is 0 Å².